The molecule has 0 aliphatic carbocycles. The molecule has 0 bridgehead atoms. The summed E-state index contributed by atoms with van der Waals surface area (Å²) in [6, 6.07) is 7.13. The second-order valence-electron chi connectivity index (χ2n) is 2.40. The maximum atomic E-state index is 10.2. The Morgan fingerprint density at radius 3 is 2.92 bits per heavy atom. The van der Waals surface area contributed by atoms with Crippen LogP contribution in [-0.4, -0.2) is 8.76 Å². The molecule has 0 aliphatic rings. The minimum atomic E-state index is -2.59. The molecule has 1 aromatic heterocycles. The van der Waals surface area contributed by atoms with Gasteiger partial charge in [0.15, 0.2) is 0 Å². The van der Waals surface area contributed by atoms with Crippen LogP contribution in [0.25, 0.3) is 10.8 Å². The van der Waals surface area contributed by atoms with E-state index in [1.165, 1.54) is 6.26 Å². The second-order valence-corrected chi connectivity index (χ2v) is 2.97. The highest BCUT2D eigenvalue weighted by Gasteiger charge is 2.05. The average Bonchev–Trinajstić information content (AvgIpc) is 2.48. The fourth-order valence-corrected chi connectivity index (χ4v) is 1.35. The second kappa shape index (κ2) is 3.20. The van der Waals surface area contributed by atoms with Gasteiger partial charge in [0.25, 0.3) is 0 Å². The number of fused-ring (bicyclic) bond motifs is 1. The van der Waals surface area contributed by atoms with Gasteiger partial charge in [0, 0.05) is 5.39 Å². The Hall–Kier alpha value is -1.33. The van der Waals surface area contributed by atoms with Crippen molar-refractivity contribution in [3.05, 3.63) is 30.5 Å². The topological polar surface area (TPSA) is 62.5 Å². The summed E-state index contributed by atoms with van der Waals surface area (Å²) in [6.07, 6.45) is 1.44. The van der Waals surface area contributed by atoms with Gasteiger partial charge in [0.2, 0.25) is 0 Å². The van der Waals surface area contributed by atoms with E-state index in [4.69, 9.17) is 4.42 Å². The summed E-state index contributed by atoms with van der Waals surface area (Å²) in [6.45, 7) is 0. The van der Waals surface area contributed by atoms with Gasteiger partial charge < -0.3 is 13.2 Å². The van der Waals surface area contributed by atoms with Crippen molar-refractivity contribution in [2.45, 2.75) is 0 Å². The van der Waals surface area contributed by atoms with E-state index in [-0.39, 0.29) is 5.95 Å². The molecule has 0 fully saturated rings. The molecule has 4 nitrogen and oxygen atoms in total. The maximum absolute atomic E-state index is 10.2. The number of benzene rings is 1. The summed E-state index contributed by atoms with van der Waals surface area (Å²) in [5, 5.41) is 1.45. The summed E-state index contributed by atoms with van der Waals surface area (Å²) in [5.74, 6) is 0.00364. The summed E-state index contributed by atoms with van der Waals surface area (Å²) >= 11 is -2.59. The van der Waals surface area contributed by atoms with Crippen molar-refractivity contribution in [2.75, 3.05) is 0 Å². The van der Waals surface area contributed by atoms with Gasteiger partial charge in [-0.1, -0.05) is 18.2 Å². The predicted molar refractivity (Wildman–Crippen MR) is 45.8 cm³/mol. The van der Waals surface area contributed by atoms with Crippen molar-refractivity contribution in [2.24, 2.45) is 0 Å². The number of hydrogen-bond acceptors (Lipinski definition) is 4. The Balaban J connectivity index is 2.51. The van der Waals surface area contributed by atoms with E-state index in [1.807, 2.05) is 6.07 Å². The number of furan rings is 1. The first-order valence-electron chi connectivity index (χ1n) is 3.51. The molecule has 68 valence electrons. The summed E-state index contributed by atoms with van der Waals surface area (Å²) < 4.78 is 29.8. The van der Waals surface area contributed by atoms with Crippen molar-refractivity contribution < 1.29 is 17.4 Å². The largest absolute Gasteiger partial charge is 0.740 e. The van der Waals surface area contributed by atoms with Gasteiger partial charge in [0.05, 0.1) is 5.39 Å². The standard InChI is InChI=1S/C8H6O4S/c9-13(10)12-8-7-4-2-1-3-6(7)5-11-8/h1-5H,(H,9,10)/p-1. The van der Waals surface area contributed by atoms with Crippen LogP contribution < -0.4 is 4.18 Å². The zero-order valence-electron chi connectivity index (χ0n) is 6.43. The average molecular weight is 197 g/mol. The van der Waals surface area contributed by atoms with Gasteiger partial charge in [-0.3, -0.25) is 0 Å². The normalized spacial score (nSPS) is 13.0. The highest BCUT2D eigenvalue weighted by atomic mass is 32.2. The van der Waals surface area contributed by atoms with Crippen LogP contribution in [0, 0.1) is 0 Å². The highest BCUT2D eigenvalue weighted by Crippen LogP contribution is 2.27. The third kappa shape index (κ3) is 1.56. The lowest BCUT2D eigenvalue weighted by molar-refractivity contribution is 0.368. The van der Waals surface area contributed by atoms with Crippen LogP contribution in [0.4, 0.5) is 0 Å². The minimum Gasteiger partial charge on any atom is -0.740 e. The first-order valence-corrected chi connectivity index (χ1v) is 4.51. The lowest BCUT2D eigenvalue weighted by Crippen LogP contribution is -1.96. The minimum absolute atomic E-state index is 0.00364. The molecule has 5 heteroatoms. The monoisotopic (exact) mass is 197 g/mol. The lowest BCUT2D eigenvalue weighted by atomic mass is 10.2. The van der Waals surface area contributed by atoms with Crippen molar-refractivity contribution in [3.8, 4) is 5.95 Å². The number of hydrogen-bond donors (Lipinski definition) is 0. The smallest absolute Gasteiger partial charge is 0.306 e. The fraction of sp³-hybridized carbons (Fsp3) is 0. The lowest BCUT2D eigenvalue weighted by Gasteiger charge is -2.02. The molecule has 0 aliphatic heterocycles. The number of rotatable bonds is 2. The predicted octanol–water partition coefficient (Wildman–Crippen LogP) is 1.61. The van der Waals surface area contributed by atoms with Crippen molar-refractivity contribution in [1.29, 1.82) is 0 Å². The molecule has 0 N–H and O–H groups in total. The van der Waals surface area contributed by atoms with Crippen LogP contribution >= 0.6 is 0 Å². The van der Waals surface area contributed by atoms with E-state index in [2.05, 4.69) is 4.18 Å². The molecule has 0 spiro atoms. The van der Waals surface area contributed by atoms with Crippen molar-refractivity contribution in [3.63, 3.8) is 0 Å². The summed E-state index contributed by atoms with van der Waals surface area (Å²) in [4.78, 5) is 0. The Labute approximate surface area is 76.6 Å². The van der Waals surface area contributed by atoms with E-state index >= 15 is 0 Å². The summed E-state index contributed by atoms with van der Waals surface area (Å²) in [7, 11) is 0. The third-order valence-corrected chi connectivity index (χ3v) is 1.90. The van der Waals surface area contributed by atoms with Crippen LogP contribution in [0.3, 0.4) is 0 Å². The molecule has 2 rings (SSSR count). The van der Waals surface area contributed by atoms with E-state index in [0.29, 0.717) is 5.39 Å². The van der Waals surface area contributed by atoms with Gasteiger partial charge in [-0.15, -0.1) is 0 Å². The van der Waals surface area contributed by atoms with Crippen molar-refractivity contribution in [1.82, 2.24) is 0 Å². The van der Waals surface area contributed by atoms with E-state index in [1.54, 1.807) is 18.2 Å². The Morgan fingerprint density at radius 1 is 1.38 bits per heavy atom. The van der Waals surface area contributed by atoms with Crippen LogP contribution in [0.5, 0.6) is 5.95 Å². The molecular formula is C8H5O4S-. The van der Waals surface area contributed by atoms with E-state index in [0.717, 1.165) is 5.39 Å². The molecule has 0 amide bonds. The molecule has 1 unspecified atom stereocenters. The SMILES string of the molecule is O=S([O-])Oc1occ2ccccc12. The first kappa shape index (κ1) is 8.28. The maximum Gasteiger partial charge on any atom is 0.306 e. The summed E-state index contributed by atoms with van der Waals surface area (Å²) in [5.41, 5.74) is 0. The highest BCUT2D eigenvalue weighted by molar-refractivity contribution is 7.74. The third-order valence-electron chi connectivity index (χ3n) is 1.62. The van der Waals surface area contributed by atoms with Crippen LogP contribution in [0.1, 0.15) is 0 Å². The van der Waals surface area contributed by atoms with E-state index in [9.17, 15) is 8.76 Å². The molecule has 1 aromatic carbocycles. The Kier molecular flexibility index (Phi) is 2.03. The molecule has 1 atom stereocenters. The molecule has 0 radical (unpaired) electrons. The molecule has 13 heavy (non-hydrogen) atoms. The van der Waals surface area contributed by atoms with E-state index < -0.39 is 11.4 Å². The van der Waals surface area contributed by atoms with Crippen LogP contribution in [0.2, 0.25) is 0 Å². The van der Waals surface area contributed by atoms with Gasteiger partial charge in [-0.05, 0) is 6.07 Å². The van der Waals surface area contributed by atoms with Gasteiger partial charge in [0.1, 0.15) is 17.6 Å². The quantitative estimate of drug-likeness (QED) is 0.686. The molecule has 0 saturated carbocycles. The molecule has 2 aromatic rings. The zero-order valence-corrected chi connectivity index (χ0v) is 7.24. The first-order chi connectivity index (χ1) is 6.27. The van der Waals surface area contributed by atoms with Crippen LogP contribution in [0.15, 0.2) is 34.9 Å². The fourth-order valence-electron chi connectivity index (χ4n) is 1.09. The van der Waals surface area contributed by atoms with Crippen LogP contribution in [-0.2, 0) is 11.4 Å². The zero-order chi connectivity index (χ0) is 9.26. The van der Waals surface area contributed by atoms with Crippen molar-refractivity contribution >= 4 is 22.1 Å². The van der Waals surface area contributed by atoms with Gasteiger partial charge >= 0.3 is 5.95 Å². The Bertz CT molecular complexity index is 448. The Morgan fingerprint density at radius 2 is 2.15 bits per heavy atom. The van der Waals surface area contributed by atoms with Gasteiger partial charge in [-0.2, -0.15) is 0 Å². The van der Waals surface area contributed by atoms with Gasteiger partial charge in [-0.25, -0.2) is 4.21 Å². The molecule has 0 saturated heterocycles. The molecule has 1 heterocycles. The molecular weight excluding hydrogens is 192 g/mol.